The Kier molecular flexibility index (Phi) is 4.39. The van der Waals surface area contributed by atoms with Crippen molar-refractivity contribution >= 4 is 27.3 Å². The second-order valence-corrected chi connectivity index (χ2v) is 7.35. The van der Waals surface area contributed by atoms with E-state index in [-0.39, 0.29) is 0 Å². The Bertz CT molecular complexity index is 389. The normalized spacial score (nSPS) is 25.5. The molecule has 1 N–H and O–H groups in total. The average Bonchev–Trinajstić information content (AvgIpc) is 3.13. The molecule has 1 aromatic heterocycles. The highest BCUT2D eigenvalue weighted by Gasteiger charge is 2.26. The van der Waals surface area contributed by atoms with Gasteiger partial charge in [0.1, 0.15) is 0 Å². The molecule has 0 amide bonds. The van der Waals surface area contributed by atoms with E-state index in [9.17, 15) is 0 Å². The first-order valence-electron chi connectivity index (χ1n) is 7.02. The van der Waals surface area contributed by atoms with E-state index in [4.69, 9.17) is 0 Å². The van der Waals surface area contributed by atoms with Crippen LogP contribution in [0.4, 0.5) is 0 Å². The largest absolute Gasteiger partial charge is 0.312 e. The molecule has 1 saturated carbocycles. The molecule has 0 aromatic carbocycles. The van der Waals surface area contributed by atoms with Crippen LogP contribution in [0, 0.1) is 0 Å². The lowest BCUT2D eigenvalue weighted by Crippen LogP contribution is -2.45. The highest BCUT2D eigenvalue weighted by Crippen LogP contribution is 2.27. The van der Waals surface area contributed by atoms with Crippen molar-refractivity contribution in [2.75, 3.05) is 13.1 Å². The van der Waals surface area contributed by atoms with E-state index in [2.05, 4.69) is 37.6 Å². The second-order valence-electron chi connectivity index (χ2n) is 5.49. The van der Waals surface area contributed by atoms with Crippen LogP contribution in [0.2, 0.25) is 0 Å². The maximum Gasteiger partial charge on any atom is 0.0342 e. The predicted octanol–water partition coefficient (Wildman–Crippen LogP) is 3.62. The van der Waals surface area contributed by atoms with Gasteiger partial charge in [-0.05, 0) is 59.6 Å². The van der Waals surface area contributed by atoms with Crippen molar-refractivity contribution < 1.29 is 0 Å². The summed E-state index contributed by atoms with van der Waals surface area (Å²) in [6.45, 7) is 3.57. The lowest BCUT2D eigenvalue weighted by molar-refractivity contribution is 0.138. The van der Waals surface area contributed by atoms with E-state index in [1.165, 1.54) is 54.5 Å². The minimum Gasteiger partial charge on any atom is -0.312 e. The van der Waals surface area contributed by atoms with Crippen molar-refractivity contribution in [3.8, 4) is 0 Å². The van der Waals surface area contributed by atoms with Gasteiger partial charge in [0.25, 0.3) is 0 Å². The molecule has 0 spiro atoms. The molecule has 1 atom stereocenters. The zero-order chi connectivity index (χ0) is 12.4. The molecule has 18 heavy (non-hydrogen) atoms. The van der Waals surface area contributed by atoms with Crippen LogP contribution in [-0.2, 0) is 6.54 Å². The lowest BCUT2D eigenvalue weighted by atomic mass is 10.0. The van der Waals surface area contributed by atoms with E-state index in [0.29, 0.717) is 0 Å². The molecule has 1 unspecified atom stereocenters. The minimum atomic E-state index is 0.744. The summed E-state index contributed by atoms with van der Waals surface area (Å²) >= 11 is 5.53. The Balaban J connectivity index is 1.58. The lowest BCUT2D eigenvalue weighted by Gasteiger charge is -2.35. The van der Waals surface area contributed by atoms with Gasteiger partial charge in [0.05, 0.1) is 0 Å². The van der Waals surface area contributed by atoms with Gasteiger partial charge in [-0.2, -0.15) is 0 Å². The first-order valence-corrected chi connectivity index (χ1v) is 8.69. The van der Waals surface area contributed by atoms with Gasteiger partial charge in [-0.25, -0.2) is 0 Å². The van der Waals surface area contributed by atoms with E-state index < -0.39 is 0 Å². The molecular weight excluding hydrogens is 308 g/mol. The van der Waals surface area contributed by atoms with Gasteiger partial charge in [0, 0.05) is 34.5 Å². The predicted molar refractivity (Wildman–Crippen MR) is 81.1 cm³/mol. The summed E-state index contributed by atoms with van der Waals surface area (Å²) in [6.07, 6.45) is 6.91. The number of hydrogen-bond acceptors (Lipinski definition) is 3. The first kappa shape index (κ1) is 13.1. The summed E-state index contributed by atoms with van der Waals surface area (Å²) in [6, 6.07) is 3.75. The number of nitrogens with zero attached hydrogens (tertiary/aromatic N) is 1. The SMILES string of the molecule is Brc1ccsc1CN1CCCCC1CNC1CC1. The van der Waals surface area contributed by atoms with E-state index >= 15 is 0 Å². The van der Waals surface area contributed by atoms with Gasteiger partial charge in [-0.15, -0.1) is 11.3 Å². The monoisotopic (exact) mass is 328 g/mol. The third-order valence-corrected chi connectivity index (χ3v) is 5.92. The van der Waals surface area contributed by atoms with Crippen LogP contribution in [0.1, 0.15) is 37.0 Å². The standard InChI is InChI=1S/C14H21BrN2S/c15-13-6-8-18-14(13)10-17-7-2-1-3-12(17)9-16-11-4-5-11/h6,8,11-12,16H,1-5,7,9-10H2. The Morgan fingerprint density at radius 3 is 2.94 bits per heavy atom. The van der Waals surface area contributed by atoms with Crippen molar-refractivity contribution in [3.05, 3.63) is 20.8 Å². The van der Waals surface area contributed by atoms with Gasteiger partial charge in [0.2, 0.25) is 0 Å². The van der Waals surface area contributed by atoms with E-state index in [1.54, 1.807) is 0 Å². The van der Waals surface area contributed by atoms with Gasteiger partial charge in [0.15, 0.2) is 0 Å². The van der Waals surface area contributed by atoms with E-state index in [0.717, 1.165) is 18.6 Å². The van der Waals surface area contributed by atoms with Crippen molar-refractivity contribution in [2.45, 2.75) is 50.7 Å². The number of piperidine rings is 1. The maximum atomic E-state index is 3.70. The molecule has 3 rings (SSSR count). The molecule has 1 aromatic rings. The zero-order valence-electron chi connectivity index (χ0n) is 10.7. The van der Waals surface area contributed by atoms with Crippen LogP contribution >= 0.6 is 27.3 Å². The van der Waals surface area contributed by atoms with Crippen molar-refractivity contribution in [3.63, 3.8) is 0 Å². The summed E-state index contributed by atoms with van der Waals surface area (Å²) in [5.41, 5.74) is 0. The quantitative estimate of drug-likeness (QED) is 0.888. The van der Waals surface area contributed by atoms with Crippen LogP contribution in [0.3, 0.4) is 0 Å². The Hall–Kier alpha value is 0.1000. The summed E-state index contributed by atoms with van der Waals surface area (Å²) in [5, 5.41) is 5.88. The van der Waals surface area contributed by atoms with Crippen molar-refractivity contribution in [1.29, 1.82) is 0 Å². The third kappa shape index (κ3) is 3.35. The number of nitrogens with one attached hydrogen (secondary N) is 1. The topological polar surface area (TPSA) is 15.3 Å². The molecule has 4 heteroatoms. The number of halogens is 1. The molecule has 1 aliphatic carbocycles. The molecule has 0 bridgehead atoms. The maximum absolute atomic E-state index is 3.70. The molecular formula is C14H21BrN2S. The van der Waals surface area contributed by atoms with Gasteiger partial charge in [-0.1, -0.05) is 6.42 Å². The molecule has 2 aliphatic rings. The third-order valence-electron chi connectivity index (χ3n) is 4.01. The summed E-state index contributed by atoms with van der Waals surface area (Å²) < 4.78 is 1.28. The van der Waals surface area contributed by atoms with E-state index in [1.807, 2.05) is 11.3 Å². The zero-order valence-corrected chi connectivity index (χ0v) is 13.1. The number of thiophene rings is 1. The van der Waals surface area contributed by atoms with Crippen LogP contribution < -0.4 is 5.32 Å². The Labute approximate surface area is 122 Å². The van der Waals surface area contributed by atoms with Crippen LogP contribution in [0.15, 0.2) is 15.9 Å². The first-order chi connectivity index (χ1) is 8.83. The molecule has 1 aliphatic heterocycles. The van der Waals surface area contributed by atoms with Crippen LogP contribution in [0.5, 0.6) is 0 Å². The molecule has 2 fully saturated rings. The van der Waals surface area contributed by atoms with Crippen molar-refractivity contribution in [1.82, 2.24) is 10.2 Å². The molecule has 2 nitrogen and oxygen atoms in total. The average molecular weight is 329 g/mol. The molecule has 0 radical (unpaired) electrons. The fraction of sp³-hybridized carbons (Fsp3) is 0.714. The summed E-state index contributed by atoms with van der Waals surface area (Å²) in [7, 11) is 0. The van der Waals surface area contributed by atoms with Gasteiger partial charge >= 0.3 is 0 Å². The fourth-order valence-electron chi connectivity index (χ4n) is 2.71. The van der Waals surface area contributed by atoms with Gasteiger partial charge < -0.3 is 5.32 Å². The highest BCUT2D eigenvalue weighted by atomic mass is 79.9. The molecule has 1 saturated heterocycles. The van der Waals surface area contributed by atoms with Gasteiger partial charge in [-0.3, -0.25) is 4.90 Å². The molecule has 2 heterocycles. The smallest absolute Gasteiger partial charge is 0.0342 e. The highest BCUT2D eigenvalue weighted by molar-refractivity contribution is 9.10. The minimum absolute atomic E-state index is 0.744. The Morgan fingerprint density at radius 1 is 1.33 bits per heavy atom. The Morgan fingerprint density at radius 2 is 2.22 bits per heavy atom. The van der Waals surface area contributed by atoms with Crippen molar-refractivity contribution in [2.24, 2.45) is 0 Å². The summed E-state index contributed by atoms with van der Waals surface area (Å²) in [5.74, 6) is 0. The molecule has 100 valence electrons. The number of likely N-dealkylation sites (tertiary alicyclic amines) is 1. The number of rotatable bonds is 5. The van der Waals surface area contributed by atoms with Crippen LogP contribution in [-0.4, -0.2) is 30.1 Å². The number of hydrogen-bond donors (Lipinski definition) is 1. The fourth-order valence-corrected chi connectivity index (χ4v) is 4.21. The second kappa shape index (κ2) is 6.04. The van der Waals surface area contributed by atoms with Crippen LogP contribution in [0.25, 0.3) is 0 Å². The summed E-state index contributed by atoms with van der Waals surface area (Å²) in [4.78, 5) is 4.16.